The second-order valence-electron chi connectivity index (χ2n) is 7.25. The number of benzene rings is 2. The summed E-state index contributed by atoms with van der Waals surface area (Å²) in [5.41, 5.74) is 2.62. The lowest BCUT2D eigenvalue weighted by Gasteiger charge is -2.07. The van der Waals surface area contributed by atoms with E-state index in [2.05, 4.69) is 0 Å². The fourth-order valence-corrected chi connectivity index (χ4v) is 3.60. The monoisotopic (exact) mass is 429 g/mol. The highest BCUT2D eigenvalue weighted by molar-refractivity contribution is 7.85. The van der Waals surface area contributed by atoms with Gasteiger partial charge < -0.3 is 13.9 Å². The molecule has 0 amide bonds. The van der Waals surface area contributed by atoms with Crippen molar-refractivity contribution in [3.8, 4) is 34.1 Å². The molecular formula is C22H23NO6S. The van der Waals surface area contributed by atoms with Gasteiger partial charge in [0.15, 0.2) is 11.7 Å². The first-order valence-electron chi connectivity index (χ1n) is 9.76. The average Bonchev–Trinajstić information content (AvgIpc) is 3.50. The second kappa shape index (κ2) is 8.49. The summed E-state index contributed by atoms with van der Waals surface area (Å²) in [5, 5.41) is 0. The molecule has 0 spiro atoms. The number of hydrogen-bond acceptors (Lipinski definition) is 6. The quantitative estimate of drug-likeness (QED) is 0.393. The second-order valence-corrected chi connectivity index (χ2v) is 8.82. The van der Waals surface area contributed by atoms with Crippen molar-refractivity contribution < 1.29 is 26.9 Å². The summed E-state index contributed by atoms with van der Waals surface area (Å²) in [7, 11) is -2.33. The van der Waals surface area contributed by atoms with E-state index >= 15 is 0 Å². The molecule has 8 heteroatoms. The Morgan fingerprint density at radius 3 is 2.27 bits per heavy atom. The minimum absolute atomic E-state index is 0.199. The Morgan fingerprint density at radius 1 is 1.03 bits per heavy atom. The van der Waals surface area contributed by atoms with Crippen molar-refractivity contribution in [1.82, 2.24) is 4.98 Å². The first kappa shape index (κ1) is 20.4. The molecule has 158 valence electrons. The van der Waals surface area contributed by atoms with Gasteiger partial charge in [-0.05, 0) is 67.8 Å². The molecule has 1 aliphatic rings. The number of aromatic nitrogens is 1. The number of hydrogen-bond donors (Lipinski definition) is 1. The topological polar surface area (TPSA) is 98.9 Å². The van der Waals surface area contributed by atoms with Gasteiger partial charge >= 0.3 is 0 Å². The van der Waals surface area contributed by atoms with Gasteiger partial charge in [-0.3, -0.25) is 4.55 Å². The highest BCUT2D eigenvalue weighted by Gasteiger charge is 2.31. The molecule has 30 heavy (non-hydrogen) atoms. The summed E-state index contributed by atoms with van der Waals surface area (Å²) in [5.74, 6) is 2.93. The van der Waals surface area contributed by atoms with E-state index in [4.69, 9.17) is 23.4 Å². The van der Waals surface area contributed by atoms with Crippen LogP contribution in [0.4, 0.5) is 0 Å². The van der Waals surface area contributed by atoms with Gasteiger partial charge in [-0.2, -0.15) is 8.42 Å². The smallest absolute Gasteiger partial charge is 0.264 e. The minimum Gasteiger partial charge on any atom is -0.497 e. The lowest BCUT2D eigenvalue weighted by atomic mass is 10.1. The summed E-state index contributed by atoms with van der Waals surface area (Å²) in [6.07, 6.45) is 2.41. The van der Waals surface area contributed by atoms with Crippen LogP contribution in [0, 0.1) is 0 Å². The van der Waals surface area contributed by atoms with Crippen LogP contribution in [0.25, 0.3) is 22.6 Å². The van der Waals surface area contributed by atoms with Gasteiger partial charge in [-0.1, -0.05) is 0 Å². The van der Waals surface area contributed by atoms with Gasteiger partial charge in [0.2, 0.25) is 0 Å². The molecule has 7 nitrogen and oxygen atoms in total. The predicted octanol–water partition coefficient (Wildman–Crippen LogP) is 4.55. The van der Waals surface area contributed by atoms with Crippen LogP contribution in [0.3, 0.4) is 0 Å². The number of ether oxygens (including phenoxy) is 2. The third-order valence-electron chi connectivity index (χ3n) is 4.87. The molecule has 0 aliphatic heterocycles. The number of nitrogens with zero attached hydrogens (tertiary/aromatic N) is 1. The van der Waals surface area contributed by atoms with E-state index in [-0.39, 0.29) is 18.8 Å². The Bertz CT molecular complexity index is 1100. The molecule has 3 aromatic rings. The van der Waals surface area contributed by atoms with Gasteiger partial charge in [-0.25, -0.2) is 4.98 Å². The average molecular weight is 429 g/mol. The Morgan fingerprint density at radius 2 is 1.67 bits per heavy atom. The molecule has 0 unspecified atom stereocenters. The molecule has 1 aliphatic carbocycles. The molecule has 1 saturated carbocycles. The Balaban J connectivity index is 1.54. The van der Waals surface area contributed by atoms with Crippen LogP contribution >= 0.6 is 0 Å². The lowest BCUT2D eigenvalue weighted by molar-refractivity contribution is 0.316. The van der Waals surface area contributed by atoms with Gasteiger partial charge in [0.05, 0.1) is 19.5 Å². The van der Waals surface area contributed by atoms with E-state index in [1.54, 1.807) is 19.2 Å². The SMILES string of the molecule is COc1ccc(-c2nc(C3CC3)oc2-c2ccc(OCCCS(=O)(=O)O)cc2)cc1. The zero-order valence-corrected chi connectivity index (χ0v) is 17.4. The van der Waals surface area contributed by atoms with Gasteiger partial charge in [0.1, 0.15) is 17.2 Å². The van der Waals surface area contributed by atoms with E-state index in [0.717, 1.165) is 41.3 Å². The summed E-state index contributed by atoms with van der Waals surface area (Å²) in [4.78, 5) is 4.76. The molecule has 1 heterocycles. The first-order valence-corrected chi connectivity index (χ1v) is 11.4. The Kier molecular flexibility index (Phi) is 5.78. The van der Waals surface area contributed by atoms with Crippen molar-refractivity contribution in [2.45, 2.75) is 25.2 Å². The molecule has 1 fully saturated rings. The van der Waals surface area contributed by atoms with E-state index < -0.39 is 10.1 Å². The molecule has 0 bridgehead atoms. The Hall–Kier alpha value is -2.84. The third-order valence-corrected chi connectivity index (χ3v) is 5.67. The zero-order chi connectivity index (χ0) is 21.1. The molecule has 0 atom stereocenters. The highest BCUT2D eigenvalue weighted by Crippen LogP contribution is 2.44. The number of rotatable bonds is 9. The van der Waals surface area contributed by atoms with Crippen LogP contribution in [0.5, 0.6) is 11.5 Å². The molecule has 0 saturated heterocycles. The summed E-state index contributed by atoms with van der Waals surface area (Å²) in [6, 6.07) is 15.1. The van der Waals surface area contributed by atoms with Crippen molar-refractivity contribution in [2.24, 2.45) is 0 Å². The molecule has 1 N–H and O–H groups in total. The number of oxazole rings is 1. The lowest BCUT2D eigenvalue weighted by Crippen LogP contribution is -2.08. The maximum absolute atomic E-state index is 10.8. The van der Waals surface area contributed by atoms with E-state index in [9.17, 15) is 8.42 Å². The largest absolute Gasteiger partial charge is 0.497 e. The fraction of sp³-hybridized carbons (Fsp3) is 0.318. The van der Waals surface area contributed by atoms with Crippen molar-refractivity contribution >= 4 is 10.1 Å². The first-order chi connectivity index (χ1) is 14.4. The summed E-state index contributed by atoms with van der Waals surface area (Å²) >= 11 is 0. The van der Waals surface area contributed by atoms with E-state index in [0.29, 0.717) is 17.4 Å². The third kappa shape index (κ3) is 5.01. The summed E-state index contributed by atoms with van der Waals surface area (Å²) < 4.78 is 47.2. The normalized spacial score (nSPS) is 13.9. The minimum atomic E-state index is -3.96. The van der Waals surface area contributed by atoms with Crippen LogP contribution in [0.15, 0.2) is 52.9 Å². The van der Waals surface area contributed by atoms with Crippen molar-refractivity contribution in [3.05, 3.63) is 54.4 Å². The molecule has 0 radical (unpaired) electrons. The Labute approximate surface area is 175 Å². The maximum atomic E-state index is 10.8. The predicted molar refractivity (Wildman–Crippen MR) is 112 cm³/mol. The van der Waals surface area contributed by atoms with Crippen LogP contribution in [-0.2, 0) is 10.1 Å². The van der Waals surface area contributed by atoms with Crippen LogP contribution in [-0.4, -0.2) is 37.4 Å². The van der Waals surface area contributed by atoms with Crippen LogP contribution < -0.4 is 9.47 Å². The molecule has 1 aromatic heterocycles. The van der Waals surface area contributed by atoms with E-state index in [1.807, 2.05) is 36.4 Å². The molecule has 4 rings (SSSR count). The van der Waals surface area contributed by atoms with Gasteiger partial charge in [-0.15, -0.1) is 0 Å². The van der Waals surface area contributed by atoms with Gasteiger partial charge in [0.25, 0.3) is 10.1 Å². The van der Waals surface area contributed by atoms with Crippen LogP contribution in [0.1, 0.15) is 31.1 Å². The standard InChI is InChI=1S/C22H23NO6S/c1-27-18-9-5-15(6-10-18)20-21(29-22(23-20)17-3-4-17)16-7-11-19(12-8-16)28-13-2-14-30(24,25)26/h5-12,17H,2-4,13-14H2,1H3,(H,24,25,26). The highest BCUT2D eigenvalue weighted by atomic mass is 32.2. The van der Waals surface area contributed by atoms with Crippen LogP contribution in [0.2, 0.25) is 0 Å². The van der Waals surface area contributed by atoms with Gasteiger partial charge in [0, 0.05) is 17.0 Å². The zero-order valence-electron chi connectivity index (χ0n) is 16.6. The summed E-state index contributed by atoms with van der Waals surface area (Å²) in [6.45, 7) is 0.199. The fourth-order valence-electron chi connectivity index (χ4n) is 3.12. The van der Waals surface area contributed by atoms with Crippen molar-refractivity contribution in [1.29, 1.82) is 0 Å². The molecular weight excluding hydrogens is 406 g/mol. The van der Waals surface area contributed by atoms with Crippen molar-refractivity contribution in [3.63, 3.8) is 0 Å². The molecule has 2 aromatic carbocycles. The number of methoxy groups -OCH3 is 1. The maximum Gasteiger partial charge on any atom is 0.264 e. The van der Waals surface area contributed by atoms with E-state index in [1.165, 1.54) is 0 Å². The van der Waals surface area contributed by atoms with Crippen molar-refractivity contribution in [2.75, 3.05) is 19.5 Å².